The first-order valence-corrected chi connectivity index (χ1v) is 10.6. The maximum absolute atomic E-state index is 13.2. The van der Waals surface area contributed by atoms with Gasteiger partial charge in [0.2, 0.25) is 0 Å². The number of fused-ring (bicyclic) bond motifs is 1. The third kappa shape index (κ3) is 3.75. The fourth-order valence-corrected chi connectivity index (χ4v) is 3.84. The van der Waals surface area contributed by atoms with Crippen molar-refractivity contribution in [3.05, 3.63) is 83.4 Å². The zero-order chi connectivity index (χ0) is 22.7. The van der Waals surface area contributed by atoms with Crippen molar-refractivity contribution < 1.29 is 19.1 Å². The normalized spacial score (nSPS) is 10.8. The number of ether oxygens (including phenoxy) is 2. The third-order valence-electron chi connectivity index (χ3n) is 5.17. The number of carbonyl (C=O) groups excluding carboxylic acids is 2. The first-order chi connectivity index (χ1) is 15.6. The monoisotopic (exact) mass is 428 g/mol. The number of aromatic nitrogens is 2. The number of aryl methyl sites for hydroxylation is 1. The largest absolute Gasteiger partial charge is 0.462 e. The summed E-state index contributed by atoms with van der Waals surface area (Å²) >= 11 is 0. The van der Waals surface area contributed by atoms with Crippen LogP contribution in [0, 0.1) is 6.92 Å². The van der Waals surface area contributed by atoms with Gasteiger partial charge >= 0.3 is 11.9 Å². The summed E-state index contributed by atoms with van der Waals surface area (Å²) in [5.74, 6) is -1.15. The van der Waals surface area contributed by atoms with Gasteiger partial charge in [-0.15, -0.1) is 0 Å². The predicted molar refractivity (Wildman–Crippen MR) is 123 cm³/mol. The summed E-state index contributed by atoms with van der Waals surface area (Å²) < 4.78 is 12.3. The van der Waals surface area contributed by atoms with Gasteiger partial charge in [0.15, 0.2) is 0 Å². The molecule has 0 atom stereocenters. The number of para-hydroxylation sites is 1. The SMILES string of the molecule is CCOC(=O)c1cc(C)c2c(-c3ccccc3)nn(-c3ccccc3)c2c1C(=O)OCC. The molecule has 4 rings (SSSR count). The molecule has 0 unspecified atom stereocenters. The zero-order valence-corrected chi connectivity index (χ0v) is 18.3. The second kappa shape index (κ2) is 9.06. The minimum atomic E-state index is -0.586. The Labute approximate surface area is 186 Å². The molecular formula is C26H24N2O4. The van der Waals surface area contributed by atoms with E-state index in [-0.39, 0.29) is 24.3 Å². The van der Waals surface area contributed by atoms with Gasteiger partial charge in [0.05, 0.1) is 30.0 Å². The van der Waals surface area contributed by atoms with Gasteiger partial charge in [-0.3, -0.25) is 0 Å². The summed E-state index contributed by atoms with van der Waals surface area (Å²) in [6.07, 6.45) is 0. The molecule has 0 N–H and O–H groups in total. The summed E-state index contributed by atoms with van der Waals surface area (Å²) in [6, 6.07) is 21.0. The van der Waals surface area contributed by atoms with Crippen LogP contribution in [0.2, 0.25) is 0 Å². The topological polar surface area (TPSA) is 70.4 Å². The lowest BCUT2D eigenvalue weighted by Crippen LogP contribution is -2.16. The van der Waals surface area contributed by atoms with Crippen molar-refractivity contribution in [2.45, 2.75) is 20.8 Å². The molecule has 32 heavy (non-hydrogen) atoms. The highest BCUT2D eigenvalue weighted by molar-refractivity contribution is 6.15. The second-order valence-corrected chi connectivity index (χ2v) is 7.24. The van der Waals surface area contributed by atoms with Gasteiger partial charge in [-0.2, -0.15) is 5.10 Å². The number of carbonyl (C=O) groups is 2. The maximum atomic E-state index is 13.2. The van der Waals surface area contributed by atoms with Crippen LogP contribution in [0.5, 0.6) is 0 Å². The Hall–Kier alpha value is -3.93. The molecule has 0 bridgehead atoms. The van der Waals surface area contributed by atoms with Crippen molar-refractivity contribution in [1.29, 1.82) is 0 Å². The lowest BCUT2D eigenvalue weighted by Gasteiger charge is -2.13. The molecule has 0 saturated heterocycles. The maximum Gasteiger partial charge on any atom is 0.341 e. The van der Waals surface area contributed by atoms with Crippen LogP contribution >= 0.6 is 0 Å². The lowest BCUT2D eigenvalue weighted by molar-refractivity contribution is 0.0480. The Bertz CT molecular complexity index is 1280. The fourth-order valence-electron chi connectivity index (χ4n) is 3.84. The molecule has 6 nitrogen and oxygen atoms in total. The van der Waals surface area contributed by atoms with Crippen LogP contribution in [0.1, 0.15) is 40.1 Å². The number of rotatable bonds is 6. The average molecular weight is 428 g/mol. The molecular weight excluding hydrogens is 404 g/mol. The van der Waals surface area contributed by atoms with E-state index in [0.717, 1.165) is 27.9 Å². The van der Waals surface area contributed by atoms with Gasteiger partial charge < -0.3 is 9.47 Å². The van der Waals surface area contributed by atoms with E-state index < -0.39 is 11.9 Å². The summed E-state index contributed by atoms with van der Waals surface area (Å²) in [6.45, 7) is 5.75. The van der Waals surface area contributed by atoms with Crippen LogP contribution in [-0.4, -0.2) is 34.9 Å². The Morgan fingerprint density at radius 3 is 2.09 bits per heavy atom. The van der Waals surface area contributed by atoms with Gasteiger partial charge in [0.1, 0.15) is 11.3 Å². The Morgan fingerprint density at radius 2 is 1.47 bits per heavy atom. The standard InChI is InChI=1S/C26H24N2O4/c1-4-31-25(29)20-16-17(3)21-23(18-12-8-6-9-13-18)27-28(19-14-10-7-11-15-19)24(21)22(20)26(30)32-5-2/h6-16H,4-5H2,1-3H3. The summed E-state index contributed by atoms with van der Waals surface area (Å²) in [4.78, 5) is 26.0. The molecule has 0 amide bonds. The van der Waals surface area contributed by atoms with E-state index in [1.165, 1.54) is 0 Å². The molecule has 1 aromatic heterocycles. The van der Waals surface area contributed by atoms with E-state index in [1.807, 2.05) is 67.6 Å². The highest BCUT2D eigenvalue weighted by Crippen LogP contribution is 2.36. The molecule has 1 heterocycles. The van der Waals surface area contributed by atoms with Gasteiger partial charge in [-0.1, -0.05) is 48.5 Å². The van der Waals surface area contributed by atoms with E-state index in [9.17, 15) is 9.59 Å². The van der Waals surface area contributed by atoms with E-state index >= 15 is 0 Å². The third-order valence-corrected chi connectivity index (χ3v) is 5.17. The first kappa shape index (κ1) is 21.3. The van der Waals surface area contributed by atoms with Crippen LogP contribution in [0.15, 0.2) is 66.7 Å². The smallest absolute Gasteiger partial charge is 0.341 e. The van der Waals surface area contributed by atoms with E-state index in [4.69, 9.17) is 14.6 Å². The van der Waals surface area contributed by atoms with Crippen molar-refractivity contribution in [3.8, 4) is 16.9 Å². The zero-order valence-electron chi connectivity index (χ0n) is 18.3. The minimum Gasteiger partial charge on any atom is -0.462 e. The Morgan fingerprint density at radius 1 is 0.875 bits per heavy atom. The predicted octanol–water partition coefficient (Wildman–Crippen LogP) is 5.35. The molecule has 0 aliphatic heterocycles. The summed E-state index contributed by atoms with van der Waals surface area (Å²) in [7, 11) is 0. The van der Waals surface area contributed by atoms with E-state index in [1.54, 1.807) is 24.6 Å². The van der Waals surface area contributed by atoms with Crippen molar-refractivity contribution in [1.82, 2.24) is 9.78 Å². The Kier molecular flexibility index (Phi) is 6.03. The summed E-state index contributed by atoms with van der Waals surface area (Å²) in [5, 5.41) is 5.69. The highest BCUT2D eigenvalue weighted by atomic mass is 16.5. The van der Waals surface area contributed by atoms with Gasteiger partial charge in [-0.05, 0) is 44.5 Å². The Balaban J connectivity index is 2.16. The lowest BCUT2D eigenvalue weighted by atomic mass is 9.96. The van der Waals surface area contributed by atoms with Crippen molar-refractivity contribution >= 4 is 22.8 Å². The van der Waals surface area contributed by atoms with Crippen LogP contribution in [0.3, 0.4) is 0 Å². The molecule has 0 aliphatic carbocycles. The molecule has 3 aromatic carbocycles. The molecule has 162 valence electrons. The van der Waals surface area contributed by atoms with E-state index in [0.29, 0.717) is 5.52 Å². The quantitative estimate of drug-likeness (QED) is 0.387. The van der Waals surface area contributed by atoms with Crippen molar-refractivity contribution in [2.24, 2.45) is 0 Å². The number of hydrogen-bond acceptors (Lipinski definition) is 5. The van der Waals surface area contributed by atoms with E-state index in [2.05, 4.69) is 0 Å². The molecule has 0 saturated carbocycles. The molecule has 4 aromatic rings. The van der Waals surface area contributed by atoms with Crippen LogP contribution in [0.4, 0.5) is 0 Å². The van der Waals surface area contributed by atoms with Gasteiger partial charge in [0, 0.05) is 10.9 Å². The molecule has 0 aliphatic rings. The molecule has 6 heteroatoms. The molecule has 0 radical (unpaired) electrons. The molecule has 0 fully saturated rings. The molecule has 0 spiro atoms. The first-order valence-electron chi connectivity index (χ1n) is 10.6. The van der Waals surface area contributed by atoms with Crippen LogP contribution in [-0.2, 0) is 9.47 Å². The average Bonchev–Trinajstić information content (AvgIpc) is 3.21. The number of esters is 2. The highest BCUT2D eigenvalue weighted by Gasteiger charge is 2.29. The van der Waals surface area contributed by atoms with Crippen molar-refractivity contribution in [2.75, 3.05) is 13.2 Å². The van der Waals surface area contributed by atoms with Crippen LogP contribution < -0.4 is 0 Å². The number of nitrogens with zero attached hydrogens (tertiary/aromatic N) is 2. The fraction of sp³-hybridized carbons (Fsp3) is 0.192. The van der Waals surface area contributed by atoms with Crippen LogP contribution in [0.25, 0.3) is 27.8 Å². The van der Waals surface area contributed by atoms with Gasteiger partial charge in [-0.25, -0.2) is 14.3 Å². The van der Waals surface area contributed by atoms with Crippen molar-refractivity contribution in [3.63, 3.8) is 0 Å². The minimum absolute atomic E-state index is 0.157. The second-order valence-electron chi connectivity index (χ2n) is 7.24. The number of hydrogen-bond donors (Lipinski definition) is 0. The summed E-state index contributed by atoms with van der Waals surface area (Å²) in [5.41, 5.74) is 4.08. The number of benzene rings is 3. The van der Waals surface area contributed by atoms with Gasteiger partial charge in [0.25, 0.3) is 0 Å².